The minimum atomic E-state index is 0.906. The number of rotatable bonds is 1. The van der Waals surface area contributed by atoms with E-state index in [2.05, 4.69) is 11.9 Å². The van der Waals surface area contributed by atoms with Gasteiger partial charge in [-0.3, -0.25) is 5.84 Å². The summed E-state index contributed by atoms with van der Waals surface area (Å²) in [6.45, 7) is 4.83. The Morgan fingerprint density at radius 1 is 1.08 bits per heavy atom. The zero-order valence-corrected chi connectivity index (χ0v) is 7.87. The van der Waals surface area contributed by atoms with Gasteiger partial charge in [-0.15, -0.1) is 0 Å². The van der Waals surface area contributed by atoms with Gasteiger partial charge in [0.1, 0.15) is 0 Å². The molecule has 0 aromatic heterocycles. The normalized spacial score (nSPS) is 30.5. The Labute approximate surface area is 74.5 Å². The van der Waals surface area contributed by atoms with Crippen LogP contribution in [-0.4, -0.2) is 43.1 Å². The second kappa shape index (κ2) is 3.32. The van der Waals surface area contributed by atoms with Gasteiger partial charge in [0, 0.05) is 13.1 Å². The summed E-state index contributed by atoms with van der Waals surface area (Å²) in [6, 6.07) is 0. The van der Waals surface area contributed by atoms with Crippen LogP contribution in [0.2, 0.25) is 0 Å². The fourth-order valence-electron chi connectivity index (χ4n) is 2.35. The summed E-state index contributed by atoms with van der Waals surface area (Å²) in [5, 5.41) is 1.93. The molecular formula is C9H19N3. The molecule has 3 nitrogen and oxygen atoms in total. The number of nitrogens with zero attached hydrogens (tertiary/aromatic N) is 2. The van der Waals surface area contributed by atoms with E-state index in [-0.39, 0.29) is 0 Å². The van der Waals surface area contributed by atoms with Crippen molar-refractivity contribution >= 4 is 0 Å². The van der Waals surface area contributed by atoms with Crippen LogP contribution in [0.5, 0.6) is 0 Å². The third-order valence-electron chi connectivity index (χ3n) is 3.37. The molecule has 0 aromatic rings. The van der Waals surface area contributed by atoms with Crippen molar-refractivity contribution < 1.29 is 0 Å². The quantitative estimate of drug-likeness (QED) is 0.566. The Morgan fingerprint density at radius 2 is 1.67 bits per heavy atom. The molecule has 0 atom stereocenters. The van der Waals surface area contributed by atoms with Crippen molar-refractivity contribution in [3.8, 4) is 0 Å². The molecule has 2 aliphatic heterocycles. The van der Waals surface area contributed by atoms with Crippen molar-refractivity contribution in [1.29, 1.82) is 0 Å². The van der Waals surface area contributed by atoms with E-state index in [1.807, 2.05) is 5.01 Å². The lowest BCUT2D eigenvalue weighted by molar-refractivity contribution is 0.0319. The van der Waals surface area contributed by atoms with E-state index in [9.17, 15) is 0 Å². The van der Waals surface area contributed by atoms with E-state index >= 15 is 0 Å². The maximum Gasteiger partial charge on any atom is 0.0172 e. The summed E-state index contributed by atoms with van der Waals surface area (Å²) < 4.78 is 0. The number of hydrazine groups is 1. The predicted octanol–water partition coefficient (Wildman–Crippen LogP) is 0.134. The molecule has 70 valence electrons. The fraction of sp³-hybridized carbons (Fsp3) is 1.00. The molecule has 0 aliphatic carbocycles. The fourth-order valence-corrected chi connectivity index (χ4v) is 2.35. The zero-order valence-electron chi connectivity index (χ0n) is 7.87. The largest absolute Gasteiger partial charge is 0.306 e. The van der Waals surface area contributed by atoms with Gasteiger partial charge in [-0.05, 0) is 44.8 Å². The van der Waals surface area contributed by atoms with Gasteiger partial charge in [0.05, 0.1) is 0 Å². The highest BCUT2D eigenvalue weighted by Gasteiger charge is 2.32. The first-order chi connectivity index (χ1) is 5.75. The number of hydrogen-bond donors (Lipinski definition) is 1. The lowest BCUT2D eigenvalue weighted by Gasteiger charge is -2.43. The van der Waals surface area contributed by atoms with Crippen LogP contribution in [0.3, 0.4) is 0 Å². The first-order valence-corrected chi connectivity index (χ1v) is 4.94. The summed E-state index contributed by atoms with van der Waals surface area (Å²) in [5.41, 5.74) is 0. The van der Waals surface area contributed by atoms with E-state index in [1.54, 1.807) is 0 Å². The third kappa shape index (κ3) is 1.63. The Hall–Kier alpha value is -0.120. The molecule has 2 aliphatic rings. The number of hydrogen-bond acceptors (Lipinski definition) is 3. The SMILES string of the molecule is CN1CCC(C2CN(N)C2)CC1. The highest BCUT2D eigenvalue weighted by molar-refractivity contribution is 4.85. The van der Waals surface area contributed by atoms with Gasteiger partial charge in [-0.2, -0.15) is 0 Å². The summed E-state index contributed by atoms with van der Waals surface area (Å²) >= 11 is 0. The average Bonchev–Trinajstić information content (AvgIpc) is 2.01. The van der Waals surface area contributed by atoms with Crippen LogP contribution < -0.4 is 5.84 Å². The standard InChI is InChI=1S/C9H19N3/c1-11-4-2-8(3-5-11)9-6-12(10)7-9/h8-9H,2-7,10H2,1H3. The molecule has 2 heterocycles. The Balaban J connectivity index is 1.75. The monoisotopic (exact) mass is 169 g/mol. The second-order valence-electron chi connectivity index (χ2n) is 4.35. The Morgan fingerprint density at radius 3 is 2.17 bits per heavy atom. The number of likely N-dealkylation sites (tertiary alicyclic amines) is 1. The van der Waals surface area contributed by atoms with Crippen molar-refractivity contribution in [2.75, 3.05) is 33.2 Å². The molecule has 0 aromatic carbocycles. The predicted molar refractivity (Wildman–Crippen MR) is 49.5 cm³/mol. The summed E-state index contributed by atoms with van der Waals surface area (Å²) in [5.74, 6) is 7.49. The van der Waals surface area contributed by atoms with Gasteiger partial charge in [-0.1, -0.05) is 0 Å². The summed E-state index contributed by atoms with van der Waals surface area (Å²) in [6.07, 6.45) is 2.77. The molecule has 12 heavy (non-hydrogen) atoms. The lowest BCUT2D eigenvalue weighted by Crippen LogP contribution is -2.54. The Kier molecular flexibility index (Phi) is 2.35. The molecule has 0 radical (unpaired) electrons. The summed E-state index contributed by atoms with van der Waals surface area (Å²) in [4.78, 5) is 2.43. The van der Waals surface area contributed by atoms with Gasteiger partial charge in [-0.25, -0.2) is 5.01 Å². The van der Waals surface area contributed by atoms with Crippen LogP contribution in [-0.2, 0) is 0 Å². The molecule has 2 saturated heterocycles. The molecule has 2 rings (SSSR count). The molecule has 0 saturated carbocycles. The molecular weight excluding hydrogens is 150 g/mol. The van der Waals surface area contributed by atoms with E-state index in [0.717, 1.165) is 24.9 Å². The van der Waals surface area contributed by atoms with Gasteiger partial charge in [0.25, 0.3) is 0 Å². The molecule has 0 amide bonds. The van der Waals surface area contributed by atoms with Gasteiger partial charge < -0.3 is 4.90 Å². The lowest BCUT2D eigenvalue weighted by atomic mass is 9.80. The van der Waals surface area contributed by atoms with Crippen LogP contribution in [0.15, 0.2) is 0 Å². The van der Waals surface area contributed by atoms with E-state index in [0.29, 0.717) is 0 Å². The van der Waals surface area contributed by atoms with E-state index in [4.69, 9.17) is 5.84 Å². The van der Waals surface area contributed by atoms with Crippen LogP contribution in [0.25, 0.3) is 0 Å². The average molecular weight is 169 g/mol. The van der Waals surface area contributed by atoms with Crippen LogP contribution in [0.4, 0.5) is 0 Å². The van der Waals surface area contributed by atoms with Crippen LogP contribution in [0, 0.1) is 11.8 Å². The third-order valence-corrected chi connectivity index (χ3v) is 3.37. The molecule has 0 spiro atoms. The molecule has 0 bridgehead atoms. The van der Waals surface area contributed by atoms with Crippen LogP contribution >= 0.6 is 0 Å². The van der Waals surface area contributed by atoms with Crippen molar-refractivity contribution in [3.05, 3.63) is 0 Å². The number of nitrogens with two attached hydrogens (primary N) is 1. The summed E-state index contributed by atoms with van der Waals surface area (Å²) in [7, 11) is 2.21. The van der Waals surface area contributed by atoms with Crippen molar-refractivity contribution in [3.63, 3.8) is 0 Å². The van der Waals surface area contributed by atoms with Gasteiger partial charge in [0.2, 0.25) is 0 Å². The highest BCUT2D eigenvalue weighted by atomic mass is 15.4. The topological polar surface area (TPSA) is 32.5 Å². The minimum absolute atomic E-state index is 0.906. The Bertz CT molecular complexity index is 146. The maximum absolute atomic E-state index is 5.63. The second-order valence-corrected chi connectivity index (χ2v) is 4.35. The number of piperidine rings is 1. The molecule has 3 heteroatoms. The van der Waals surface area contributed by atoms with Crippen molar-refractivity contribution in [1.82, 2.24) is 9.91 Å². The van der Waals surface area contributed by atoms with E-state index < -0.39 is 0 Å². The van der Waals surface area contributed by atoms with Crippen LogP contribution in [0.1, 0.15) is 12.8 Å². The van der Waals surface area contributed by atoms with Gasteiger partial charge in [0.15, 0.2) is 0 Å². The maximum atomic E-state index is 5.63. The van der Waals surface area contributed by atoms with E-state index in [1.165, 1.54) is 25.9 Å². The molecule has 2 N–H and O–H groups in total. The van der Waals surface area contributed by atoms with Crippen molar-refractivity contribution in [2.24, 2.45) is 17.7 Å². The highest BCUT2D eigenvalue weighted by Crippen LogP contribution is 2.29. The zero-order chi connectivity index (χ0) is 8.55. The molecule has 2 fully saturated rings. The minimum Gasteiger partial charge on any atom is -0.306 e. The first-order valence-electron chi connectivity index (χ1n) is 4.94. The van der Waals surface area contributed by atoms with Gasteiger partial charge >= 0.3 is 0 Å². The van der Waals surface area contributed by atoms with Crippen molar-refractivity contribution in [2.45, 2.75) is 12.8 Å². The smallest absolute Gasteiger partial charge is 0.0172 e. The first kappa shape index (κ1) is 8.48. The molecule has 0 unspecified atom stereocenters.